The van der Waals surface area contributed by atoms with Crippen molar-refractivity contribution in [3.63, 3.8) is 0 Å². The lowest BCUT2D eigenvalue weighted by Gasteiger charge is -2.09. The molecule has 1 fully saturated rings. The number of aryl methyl sites for hydroxylation is 1. The first-order valence-electron chi connectivity index (χ1n) is 6.51. The zero-order chi connectivity index (χ0) is 13.2. The van der Waals surface area contributed by atoms with Crippen LogP contribution < -0.4 is 10.5 Å². The van der Waals surface area contributed by atoms with E-state index in [-0.39, 0.29) is 6.61 Å². The molecule has 0 atom stereocenters. The van der Waals surface area contributed by atoms with Crippen LogP contribution in [0.1, 0.15) is 41.6 Å². The van der Waals surface area contributed by atoms with Gasteiger partial charge in [0.15, 0.2) is 12.4 Å². The number of hydrogen-bond donors (Lipinski definition) is 1. The monoisotopic (exact) mass is 259 g/mol. The molecule has 1 heterocycles. The van der Waals surface area contributed by atoms with E-state index >= 15 is 0 Å². The maximum atomic E-state index is 5.71. The molecule has 0 saturated heterocycles. The second-order valence-corrected chi connectivity index (χ2v) is 4.92. The van der Waals surface area contributed by atoms with Crippen LogP contribution >= 0.6 is 0 Å². The molecule has 5 heteroatoms. The summed E-state index contributed by atoms with van der Waals surface area (Å²) in [6, 6.07) is 5.95. The van der Waals surface area contributed by atoms with Gasteiger partial charge in [0.1, 0.15) is 5.75 Å². The van der Waals surface area contributed by atoms with E-state index in [9.17, 15) is 0 Å². The smallest absolute Gasteiger partial charge is 0.264 e. The van der Waals surface area contributed by atoms with Gasteiger partial charge in [0.05, 0.1) is 0 Å². The van der Waals surface area contributed by atoms with E-state index in [1.807, 2.05) is 25.1 Å². The van der Waals surface area contributed by atoms with Gasteiger partial charge in [-0.25, -0.2) is 0 Å². The highest BCUT2D eigenvalue weighted by Crippen LogP contribution is 2.38. The number of nitrogens with zero attached hydrogens (tertiary/aromatic N) is 2. The highest BCUT2D eigenvalue weighted by Gasteiger charge is 2.28. The van der Waals surface area contributed by atoms with Crippen molar-refractivity contribution in [2.75, 3.05) is 0 Å². The first-order valence-corrected chi connectivity index (χ1v) is 6.51. The van der Waals surface area contributed by atoms with Gasteiger partial charge in [0.2, 0.25) is 0 Å². The minimum absolute atomic E-state index is 0.287. The third kappa shape index (κ3) is 2.76. The van der Waals surface area contributed by atoms with E-state index in [1.165, 1.54) is 5.56 Å². The summed E-state index contributed by atoms with van der Waals surface area (Å²) in [7, 11) is 0. The average Bonchev–Trinajstić information content (AvgIpc) is 3.17. The fourth-order valence-corrected chi connectivity index (χ4v) is 1.98. The third-order valence-corrected chi connectivity index (χ3v) is 3.21. The topological polar surface area (TPSA) is 74.2 Å². The number of ether oxygens (including phenoxy) is 1. The van der Waals surface area contributed by atoms with Crippen LogP contribution in [-0.2, 0) is 13.2 Å². The summed E-state index contributed by atoms with van der Waals surface area (Å²) >= 11 is 0. The average molecular weight is 259 g/mol. The molecule has 1 aliphatic rings. The Labute approximate surface area is 111 Å². The molecule has 3 rings (SSSR count). The summed E-state index contributed by atoms with van der Waals surface area (Å²) in [6.45, 7) is 2.77. The van der Waals surface area contributed by atoms with Crippen molar-refractivity contribution in [3.8, 4) is 5.75 Å². The molecule has 0 bridgehead atoms. The minimum atomic E-state index is 0.287. The van der Waals surface area contributed by atoms with Gasteiger partial charge in [-0.1, -0.05) is 22.9 Å². The highest BCUT2D eigenvalue weighted by atomic mass is 16.5. The zero-order valence-corrected chi connectivity index (χ0v) is 10.9. The van der Waals surface area contributed by atoms with Crippen LogP contribution in [0.5, 0.6) is 5.75 Å². The van der Waals surface area contributed by atoms with Gasteiger partial charge in [-0.3, -0.25) is 0 Å². The lowest BCUT2D eigenvalue weighted by atomic mass is 10.1. The SMILES string of the molecule is Cc1ccc(OCc2nc(C3CC3)no2)c(CN)c1. The van der Waals surface area contributed by atoms with Gasteiger partial charge >= 0.3 is 0 Å². The second kappa shape index (κ2) is 5.01. The fraction of sp³-hybridized carbons (Fsp3) is 0.429. The fourth-order valence-electron chi connectivity index (χ4n) is 1.98. The molecule has 2 N–H and O–H groups in total. The van der Waals surface area contributed by atoms with Gasteiger partial charge < -0.3 is 15.0 Å². The van der Waals surface area contributed by atoms with Crippen LogP contribution in [0.2, 0.25) is 0 Å². The Morgan fingerprint density at radius 3 is 3.00 bits per heavy atom. The molecule has 1 saturated carbocycles. The molecule has 0 amide bonds. The van der Waals surface area contributed by atoms with Crippen LogP contribution in [0, 0.1) is 6.92 Å². The van der Waals surface area contributed by atoms with Gasteiger partial charge in [-0.2, -0.15) is 4.98 Å². The quantitative estimate of drug-likeness (QED) is 0.891. The Balaban J connectivity index is 1.67. The van der Waals surface area contributed by atoms with Gasteiger partial charge in [0, 0.05) is 18.0 Å². The largest absolute Gasteiger partial charge is 0.483 e. The number of hydrogen-bond acceptors (Lipinski definition) is 5. The lowest BCUT2D eigenvalue weighted by Crippen LogP contribution is -2.03. The molecule has 2 aromatic rings. The summed E-state index contributed by atoms with van der Waals surface area (Å²) in [5, 5.41) is 3.96. The lowest BCUT2D eigenvalue weighted by molar-refractivity contribution is 0.240. The van der Waals surface area contributed by atoms with Crippen molar-refractivity contribution in [1.82, 2.24) is 10.1 Å². The molecule has 19 heavy (non-hydrogen) atoms. The summed E-state index contributed by atoms with van der Waals surface area (Å²) < 4.78 is 10.9. The molecule has 1 aliphatic carbocycles. The molecule has 100 valence electrons. The Kier molecular flexibility index (Phi) is 3.21. The Bertz CT molecular complexity index is 576. The molecule has 0 aliphatic heterocycles. The summed E-state index contributed by atoms with van der Waals surface area (Å²) in [5.74, 6) is 2.60. The van der Waals surface area contributed by atoms with Crippen LogP contribution in [-0.4, -0.2) is 10.1 Å². The van der Waals surface area contributed by atoms with Crippen molar-refractivity contribution in [2.24, 2.45) is 5.73 Å². The normalized spacial score (nSPS) is 14.6. The Hall–Kier alpha value is -1.88. The molecule has 5 nitrogen and oxygen atoms in total. The van der Waals surface area contributed by atoms with Crippen LogP contribution in [0.3, 0.4) is 0 Å². The molecular formula is C14H17N3O2. The van der Waals surface area contributed by atoms with Crippen LogP contribution in [0.15, 0.2) is 22.7 Å². The zero-order valence-electron chi connectivity index (χ0n) is 10.9. The standard InChI is InChI=1S/C14H17N3O2/c1-9-2-5-12(11(6-9)7-15)18-8-13-16-14(17-19-13)10-3-4-10/h2,5-6,10H,3-4,7-8,15H2,1H3. The van der Waals surface area contributed by atoms with Gasteiger partial charge in [-0.05, 0) is 25.8 Å². The third-order valence-electron chi connectivity index (χ3n) is 3.21. The van der Waals surface area contributed by atoms with Crippen molar-refractivity contribution >= 4 is 0 Å². The Morgan fingerprint density at radius 1 is 1.42 bits per heavy atom. The molecule has 1 aromatic carbocycles. The number of nitrogens with two attached hydrogens (primary N) is 1. The van der Waals surface area contributed by atoms with E-state index in [2.05, 4.69) is 10.1 Å². The van der Waals surface area contributed by atoms with Crippen molar-refractivity contribution in [3.05, 3.63) is 41.0 Å². The first kappa shape index (κ1) is 12.2. The predicted molar refractivity (Wildman–Crippen MR) is 69.7 cm³/mol. The Morgan fingerprint density at radius 2 is 2.26 bits per heavy atom. The molecule has 0 spiro atoms. The van der Waals surface area contributed by atoms with E-state index in [1.54, 1.807) is 0 Å². The maximum absolute atomic E-state index is 5.71. The minimum Gasteiger partial charge on any atom is -0.483 e. The first-order chi connectivity index (χ1) is 9.26. The molecule has 0 unspecified atom stereocenters. The molecular weight excluding hydrogens is 242 g/mol. The van der Waals surface area contributed by atoms with E-state index in [0.29, 0.717) is 18.4 Å². The summed E-state index contributed by atoms with van der Waals surface area (Å²) in [6.07, 6.45) is 2.32. The van der Waals surface area contributed by atoms with Crippen molar-refractivity contribution in [2.45, 2.75) is 38.8 Å². The van der Waals surface area contributed by atoms with Gasteiger partial charge in [-0.15, -0.1) is 0 Å². The van der Waals surface area contributed by atoms with E-state index < -0.39 is 0 Å². The summed E-state index contributed by atoms with van der Waals surface area (Å²) in [4.78, 5) is 4.33. The van der Waals surface area contributed by atoms with Crippen LogP contribution in [0.25, 0.3) is 0 Å². The van der Waals surface area contributed by atoms with Crippen molar-refractivity contribution in [1.29, 1.82) is 0 Å². The van der Waals surface area contributed by atoms with E-state index in [4.69, 9.17) is 15.0 Å². The summed E-state index contributed by atoms with van der Waals surface area (Å²) in [5.41, 5.74) is 7.87. The number of benzene rings is 1. The molecule has 1 aromatic heterocycles. The second-order valence-electron chi connectivity index (χ2n) is 4.92. The molecule has 0 radical (unpaired) electrons. The van der Waals surface area contributed by atoms with Crippen LogP contribution in [0.4, 0.5) is 0 Å². The maximum Gasteiger partial charge on any atom is 0.264 e. The van der Waals surface area contributed by atoms with E-state index in [0.717, 1.165) is 30.0 Å². The van der Waals surface area contributed by atoms with Gasteiger partial charge in [0.25, 0.3) is 5.89 Å². The number of rotatable bonds is 5. The van der Waals surface area contributed by atoms with Crippen molar-refractivity contribution < 1.29 is 9.26 Å². The number of aromatic nitrogens is 2. The predicted octanol–water partition coefficient (Wildman–Crippen LogP) is 2.29. The highest BCUT2D eigenvalue weighted by molar-refractivity contribution is 5.36.